The van der Waals surface area contributed by atoms with Gasteiger partial charge in [-0.1, -0.05) is 36.4 Å². The van der Waals surface area contributed by atoms with E-state index in [2.05, 4.69) is 10.6 Å². The van der Waals surface area contributed by atoms with Crippen LogP contribution in [0.5, 0.6) is 0 Å². The van der Waals surface area contributed by atoms with E-state index < -0.39 is 40.4 Å². The number of hydrogen-bond acceptors (Lipinski definition) is 6. The molecule has 0 fully saturated rings. The van der Waals surface area contributed by atoms with Crippen LogP contribution < -0.4 is 10.6 Å². The number of para-hydroxylation sites is 1. The normalized spacial score (nSPS) is 15.3. The molecule has 2 N–H and O–H groups in total. The molecule has 0 radical (unpaired) electrons. The third-order valence-corrected chi connectivity index (χ3v) is 7.94. The van der Waals surface area contributed by atoms with E-state index in [1.807, 2.05) is 12.1 Å². The van der Waals surface area contributed by atoms with E-state index in [1.165, 1.54) is 53.7 Å². The Morgan fingerprint density at radius 3 is 2.37 bits per heavy atom. The van der Waals surface area contributed by atoms with Gasteiger partial charge in [0.2, 0.25) is 15.9 Å². The Morgan fingerprint density at radius 1 is 0.974 bits per heavy atom. The molecule has 3 aromatic rings. The number of halogens is 1. The Morgan fingerprint density at radius 2 is 1.66 bits per heavy atom. The molecule has 38 heavy (non-hydrogen) atoms. The summed E-state index contributed by atoms with van der Waals surface area (Å²) in [5.74, 6) is -2.42. The average Bonchev–Trinajstić information content (AvgIpc) is 2.89. The number of sulfonamides is 1. The number of anilines is 2. The van der Waals surface area contributed by atoms with Crippen molar-refractivity contribution in [3.8, 4) is 0 Å². The smallest absolute Gasteiger partial charge is 0.308 e. The summed E-state index contributed by atoms with van der Waals surface area (Å²) in [4.78, 5) is 36.2. The number of rotatable bonds is 8. The fourth-order valence-electron chi connectivity index (χ4n) is 4.29. The third kappa shape index (κ3) is 6.24. The Hall–Kier alpha value is -4.09. The highest BCUT2D eigenvalue weighted by Crippen LogP contribution is 2.36. The summed E-state index contributed by atoms with van der Waals surface area (Å²) in [6, 6.07) is 17.7. The Labute approximate surface area is 219 Å². The molecule has 2 amide bonds. The van der Waals surface area contributed by atoms with Crippen LogP contribution in [0, 0.1) is 5.82 Å². The minimum absolute atomic E-state index is 0.00798. The van der Waals surface area contributed by atoms with Crippen LogP contribution in [0.15, 0.2) is 77.7 Å². The van der Waals surface area contributed by atoms with Crippen molar-refractivity contribution in [2.75, 3.05) is 23.8 Å². The van der Waals surface area contributed by atoms with Gasteiger partial charge in [0.25, 0.3) is 5.91 Å². The van der Waals surface area contributed by atoms with Gasteiger partial charge in [0.05, 0.1) is 23.0 Å². The number of ether oxygens (including phenoxy) is 1. The minimum atomic E-state index is -4.03. The lowest BCUT2D eigenvalue weighted by Gasteiger charge is -2.36. The van der Waals surface area contributed by atoms with Crippen LogP contribution in [-0.2, 0) is 35.6 Å². The first-order chi connectivity index (χ1) is 18.1. The lowest BCUT2D eigenvalue weighted by molar-refractivity contribution is -0.148. The van der Waals surface area contributed by atoms with Gasteiger partial charge in [-0.25, -0.2) is 12.8 Å². The van der Waals surface area contributed by atoms with Crippen molar-refractivity contribution in [2.45, 2.75) is 30.7 Å². The molecule has 1 heterocycles. The van der Waals surface area contributed by atoms with Gasteiger partial charge < -0.3 is 15.4 Å². The fraction of sp³-hybridized carbons (Fsp3) is 0.222. The van der Waals surface area contributed by atoms with E-state index in [1.54, 1.807) is 18.2 Å². The standard InChI is InChI=1S/C27H26FN3O6S/c1-18(32)29-20-10-12-21(13-11-20)38(35,36)31-15-14-19-6-2-3-7-22(19)25(31)16-27(34)37-17-26(33)30-24-9-5-4-8-23(24)28/h2-13,25H,14-17H2,1H3,(H,29,32)(H,30,33). The summed E-state index contributed by atoms with van der Waals surface area (Å²) in [6.45, 7) is 0.834. The molecule has 0 saturated carbocycles. The van der Waals surface area contributed by atoms with Crippen LogP contribution in [0.1, 0.15) is 30.5 Å². The van der Waals surface area contributed by atoms with Crippen LogP contribution in [0.4, 0.5) is 15.8 Å². The lowest BCUT2D eigenvalue weighted by Crippen LogP contribution is -2.41. The Balaban J connectivity index is 1.50. The lowest BCUT2D eigenvalue weighted by atomic mass is 9.92. The SMILES string of the molecule is CC(=O)Nc1ccc(S(=O)(=O)N2CCc3ccccc3C2CC(=O)OCC(=O)Nc2ccccc2F)cc1. The Bertz CT molecular complexity index is 1460. The molecule has 198 valence electrons. The highest BCUT2D eigenvalue weighted by Gasteiger charge is 2.38. The van der Waals surface area contributed by atoms with Crippen molar-refractivity contribution in [1.82, 2.24) is 4.31 Å². The van der Waals surface area contributed by atoms with Crippen molar-refractivity contribution in [3.05, 3.63) is 89.7 Å². The molecule has 3 aromatic carbocycles. The van der Waals surface area contributed by atoms with Gasteiger partial charge in [0, 0.05) is 19.2 Å². The molecule has 1 aliphatic rings. The van der Waals surface area contributed by atoms with Crippen molar-refractivity contribution in [1.29, 1.82) is 0 Å². The number of fused-ring (bicyclic) bond motifs is 1. The van der Waals surface area contributed by atoms with Gasteiger partial charge in [0.15, 0.2) is 6.61 Å². The van der Waals surface area contributed by atoms with Gasteiger partial charge in [-0.05, 0) is 53.9 Å². The summed E-state index contributed by atoms with van der Waals surface area (Å²) in [6.07, 6.45) is 0.128. The summed E-state index contributed by atoms with van der Waals surface area (Å²) in [7, 11) is -4.03. The van der Waals surface area contributed by atoms with Crippen LogP contribution in [0.25, 0.3) is 0 Å². The highest BCUT2D eigenvalue weighted by molar-refractivity contribution is 7.89. The third-order valence-electron chi connectivity index (χ3n) is 6.02. The topological polar surface area (TPSA) is 122 Å². The summed E-state index contributed by atoms with van der Waals surface area (Å²) in [5.41, 5.74) is 1.99. The molecular formula is C27H26FN3O6S. The van der Waals surface area contributed by atoms with Gasteiger partial charge in [-0.3, -0.25) is 14.4 Å². The number of nitrogens with one attached hydrogen (secondary N) is 2. The number of carbonyl (C=O) groups excluding carboxylic acids is 3. The minimum Gasteiger partial charge on any atom is -0.456 e. The average molecular weight is 540 g/mol. The molecule has 0 bridgehead atoms. The molecule has 11 heteroatoms. The first-order valence-corrected chi connectivity index (χ1v) is 13.3. The molecule has 0 aliphatic carbocycles. The van der Waals surface area contributed by atoms with E-state index in [9.17, 15) is 27.2 Å². The molecule has 0 saturated heterocycles. The zero-order chi connectivity index (χ0) is 27.3. The van der Waals surface area contributed by atoms with Crippen molar-refractivity contribution < 1.29 is 31.9 Å². The monoisotopic (exact) mass is 539 g/mol. The molecule has 4 rings (SSSR count). The molecule has 1 unspecified atom stereocenters. The van der Waals surface area contributed by atoms with Crippen molar-refractivity contribution in [3.63, 3.8) is 0 Å². The van der Waals surface area contributed by atoms with Crippen LogP contribution >= 0.6 is 0 Å². The molecular weight excluding hydrogens is 513 g/mol. The van der Waals surface area contributed by atoms with E-state index in [-0.39, 0.29) is 29.5 Å². The number of esters is 1. The summed E-state index contributed by atoms with van der Waals surface area (Å²) < 4.78 is 47.4. The molecule has 0 spiro atoms. The maximum Gasteiger partial charge on any atom is 0.308 e. The van der Waals surface area contributed by atoms with Crippen molar-refractivity contribution in [2.24, 2.45) is 0 Å². The quantitative estimate of drug-likeness (QED) is 0.422. The maximum absolute atomic E-state index is 13.8. The van der Waals surface area contributed by atoms with Gasteiger partial charge >= 0.3 is 5.97 Å². The second kappa shape index (κ2) is 11.5. The number of nitrogens with zero attached hydrogens (tertiary/aromatic N) is 1. The first kappa shape index (κ1) is 27.0. The molecule has 0 aromatic heterocycles. The number of carbonyl (C=O) groups is 3. The molecule has 9 nitrogen and oxygen atoms in total. The number of amides is 2. The first-order valence-electron chi connectivity index (χ1n) is 11.8. The predicted molar refractivity (Wildman–Crippen MR) is 138 cm³/mol. The van der Waals surface area contributed by atoms with Crippen LogP contribution in [0.2, 0.25) is 0 Å². The zero-order valence-corrected chi connectivity index (χ0v) is 21.3. The Kier molecular flexibility index (Phi) is 8.18. The number of benzene rings is 3. The highest BCUT2D eigenvalue weighted by atomic mass is 32.2. The van der Waals surface area contributed by atoms with Gasteiger partial charge in [-0.2, -0.15) is 4.31 Å². The second-order valence-electron chi connectivity index (χ2n) is 8.68. The molecule has 1 aliphatic heterocycles. The number of hydrogen-bond donors (Lipinski definition) is 2. The van der Waals surface area contributed by atoms with E-state index in [4.69, 9.17) is 4.74 Å². The fourth-order valence-corrected chi connectivity index (χ4v) is 5.89. The largest absolute Gasteiger partial charge is 0.456 e. The van der Waals surface area contributed by atoms with Crippen molar-refractivity contribution >= 4 is 39.2 Å². The van der Waals surface area contributed by atoms with E-state index in [0.717, 1.165) is 5.56 Å². The van der Waals surface area contributed by atoms with Crippen LogP contribution in [0.3, 0.4) is 0 Å². The predicted octanol–water partition coefficient (Wildman–Crippen LogP) is 3.64. The molecule has 1 atom stereocenters. The summed E-state index contributed by atoms with van der Waals surface area (Å²) in [5, 5.41) is 4.92. The van der Waals surface area contributed by atoms with E-state index in [0.29, 0.717) is 17.7 Å². The van der Waals surface area contributed by atoms with Crippen LogP contribution in [-0.4, -0.2) is 43.7 Å². The van der Waals surface area contributed by atoms with Gasteiger partial charge in [0.1, 0.15) is 5.82 Å². The van der Waals surface area contributed by atoms with Gasteiger partial charge in [-0.15, -0.1) is 0 Å². The summed E-state index contributed by atoms with van der Waals surface area (Å²) >= 11 is 0. The zero-order valence-electron chi connectivity index (χ0n) is 20.5. The van der Waals surface area contributed by atoms with E-state index >= 15 is 0 Å². The maximum atomic E-state index is 13.8. The second-order valence-corrected chi connectivity index (χ2v) is 10.6.